The topological polar surface area (TPSA) is 69.7 Å². The minimum Gasteiger partial charge on any atom is -0.366 e. The summed E-state index contributed by atoms with van der Waals surface area (Å²) in [5, 5.41) is 2.92. The molecule has 0 saturated carbocycles. The van der Waals surface area contributed by atoms with Crippen molar-refractivity contribution in [1.29, 1.82) is 0 Å². The highest BCUT2D eigenvalue weighted by Gasteiger charge is 2.25. The van der Waals surface area contributed by atoms with Crippen molar-refractivity contribution in [1.82, 2.24) is 4.90 Å². The molecule has 1 aliphatic heterocycles. The van der Waals surface area contributed by atoms with Crippen LogP contribution in [0.15, 0.2) is 60.3 Å². The maximum atomic E-state index is 12.1. The van der Waals surface area contributed by atoms with Crippen LogP contribution >= 0.6 is 0 Å². The first kappa shape index (κ1) is 22.3. The van der Waals surface area contributed by atoms with Gasteiger partial charge in [-0.25, -0.2) is 4.79 Å². The smallest absolute Gasteiger partial charge is 0.223 e. The molecule has 3 rings (SSSR count). The fourth-order valence-corrected chi connectivity index (χ4v) is 4.18. The van der Waals surface area contributed by atoms with Crippen molar-refractivity contribution in [3.05, 3.63) is 65.9 Å². The van der Waals surface area contributed by atoms with Crippen LogP contribution in [0, 0.1) is 0 Å². The van der Waals surface area contributed by atoms with E-state index in [9.17, 15) is 14.4 Å². The van der Waals surface area contributed by atoms with E-state index in [4.69, 9.17) is 0 Å². The van der Waals surface area contributed by atoms with Gasteiger partial charge < -0.3 is 15.1 Å². The average molecular weight is 420 g/mol. The summed E-state index contributed by atoms with van der Waals surface area (Å²) < 4.78 is 0. The minimum absolute atomic E-state index is 0.0512. The van der Waals surface area contributed by atoms with Gasteiger partial charge in [-0.05, 0) is 42.5 Å². The first-order valence-electron chi connectivity index (χ1n) is 10.7. The number of carbonyl (C=O) groups is 2. The molecule has 0 aliphatic carbocycles. The molecule has 31 heavy (non-hydrogen) atoms. The Bertz CT molecular complexity index is 959. The van der Waals surface area contributed by atoms with Crippen molar-refractivity contribution in [2.45, 2.75) is 39.0 Å². The van der Waals surface area contributed by atoms with E-state index < -0.39 is 0 Å². The number of piperidine rings is 1. The lowest BCUT2D eigenvalue weighted by Gasteiger charge is -2.35. The Kier molecular flexibility index (Phi) is 7.63. The Labute approximate surface area is 183 Å². The standard InChI is InChI=1S/C25H29N3O3/c1-19(30)26-25-11-7-6-10-24(25)21-12-15-27(16-13-21)23(18-29)14-17-28(20(2)31)22-8-4-3-5-9-22/h3-11,21H,12-17H2,1-2H3,(H,26,30). The van der Waals surface area contributed by atoms with Crippen molar-refractivity contribution >= 4 is 29.1 Å². The molecule has 0 unspecified atom stereocenters. The van der Waals surface area contributed by atoms with E-state index in [0.717, 1.165) is 42.9 Å². The summed E-state index contributed by atoms with van der Waals surface area (Å²) in [6, 6.07) is 17.4. The SMILES string of the molecule is CC(=O)Nc1ccccc1C1CCN(C(=C=O)CCN(C(C)=O)c2ccccc2)CC1. The van der Waals surface area contributed by atoms with E-state index in [-0.39, 0.29) is 11.8 Å². The second kappa shape index (κ2) is 10.6. The lowest BCUT2D eigenvalue weighted by molar-refractivity contribution is -0.116. The quantitative estimate of drug-likeness (QED) is 0.689. The van der Waals surface area contributed by atoms with Gasteiger partial charge in [-0.3, -0.25) is 9.59 Å². The molecule has 0 radical (unpaired) electrons. The highest BCUT2D eigenvalue weighted by Crippen LogP contribution is 2.34. The van der Waals surface area contributed by atoms with Crippen molar-refractivity contribution in [2.75, 3.05) is 29.9 Å². The average Bonchev–Trinajstić information content (AvgIpc) is 2.77. The van der Waals surface area contributed by atoms with E-state index in [1.54, 1.807) is 4.90 Å². The van der Waals surface area contributed by atoms with E-state index in [0.29, 0.717) is 24.6 Å². The molecular weight excluding hydrogens is 390 g/mol. The molecule has 0 aromatic heterocycles. The van der Waals surface area contributed by atoms with E-state index >= 15 is 0 Å². The fourth-order valence-electron chi connectivity index (χ4n) is 4.18. The molecule has 0 atom stereocenters. The zero-order valence-corrected chi connectivity index (χ0v) is 18.1. The summed E-state index contributed by atoms with van der Waals surface area (Å²) in [5.41, 5.74) is 3.43. The van der Waals surface area contributed by atoms with Gasteiger partial charge in [0.05, 0.1) is 0 Å². The molecule has 0 bridgehead atoms. The molecule has 1 N–H and O–H groups in total. The number of nitrogens with one attached hydrogen (secondary N) is 1. The summed E-state index contributed by atoms with van der Waals surface area (Å²) in [4.78, 5) is 39.1. The summed E-state index contributed by atoms with van der Waals surface area (Å²) in [6.07, 6.45) is 2.24. The van der Waals surface area contributed by atoms with Gasteiger partial charge in [0.25, 0.3) is 0 Å². The lowest BCUT2D eigenvalue weighted by atomic mass is 9.88. The Balaban J connectivity index is 1.61. The number of rotatable bonds is 7. The van der Waals surface area contributed by atoms with Crippen molar-refractivity contribution in [3.63, 3.8) is 0 Å². The molecule has 0 spiro atoms. The molecule has 2 aromatic rings. The number of para-hydroxylation sites is 2. The Morgan fingerprint density at radius 3 is 2.29 bits per heavy atom. The van der Waals surface area contributed by atoms with Crippen molar-refractivity contribution < 1.29 is 14.4 Å². The van der Waals surface area contributed by atoms with Crippen LogP contribution in [0.2, 0.25) is 0 Å². The molecule has 1 fully saturated rings. The third-order valence-corrected chi connectivity index (χ3v) is 5.73. The summed E-state index contributed by atoms with van der Waals surface area (Å²) in [6.45, 7) is 4.98. The lowest BCUT2D eigenvalue weighted by Crippen LogP contribution is -2.36. The van der Waals surface area contributed by atoms with E-state index in [2.05, 4.69) is 22.2 Å². The van der Waals surface area contributed by atoms with Crippen LogP contribution < -0.4 is 10.2 Å². The van der Waals surface area contributed by atoms with Gasteiger partial charge in [0.1, 0.15) is 11.6 Å². The molecule has 6 nitrogen and oxygen atoms in total. The fraction of sp³-hybridized carbons (Fsp3) is 0.360. The van der Waals surface area contributed by atoms with E-state index in [1.807, 2.05) is 48.5 Å². The van der Waals surface area contributed by atoms with Gasteiger partial charge >= 0.3 is 0 Å². The van der Waals surface area contributed by atoms with Crippen LogP contribution in [0.1, 0.15) is 44.6 Å². The van der Waals surface area contributed by atoms with Crippen LogP contribution in [-0.4, -0.2) is 42.3 Å². The Hall–Kier alpha value is -3.37. The van der Waals surface area contributed by atoms with Gasteiger partial charge in [0.15, 0.2) is 0 Å². The number of hydrogen-bond donors (Lipinski definition) is 1. The van der Waals surface area contributed by atoms with Gasteiger partial charge in [0, 0.05) is 51.3 Å². The highest BCUT2D eigenvalue weighted by atomic mass is 16.2. The molecule has 162 valence electrons. The normalized spacial score (nSPS) is 13.9. The minimum atomic E-state index is -0.0792. The number of carbonyl (C=O) groups excluding carboxylic acids is 3. The van der Waals surface area contributed by atoms with Crippen molar-refractivity contribution in [3.8, 4) is 0 Å². The molecule has 6 heteroatoms. The molecular formula is C25H29N3O3. The number of benzene rings is 2. The van der Waals surface area contributed by atoms with Crippen LogP contribution in [0.5, 0.6) is 0 Å². The molecule has 1 heterocycles. The predicted molar refractivity (Wildman–Crippen MR) is 123 cm³/mol. The predicted octanol–water partition coefficient (Wildman–Crippen LogP) is 3.98. The second-order valence-electron chi connectivity index (χ2n) is 7.83. The third kappa shape index (κ3) is 5.83. The third-order valence-electron chi connectivity index (χ3n) is 5.73. The Morgan fingerprint density at radius 1 is 1.03 bits per heavy atom. The highest BCUT2D eigenvalue weighted by molar-refractivity contribution is 5.91. The largest absolute Gasteiger partial charge is 0.366 e. The van der Waals surface area contributed by atoms with Crippen LogP contribution in [0.25, 0.3) is 0 Å². The van der Waals surface area contributed by atoms with Gasteiger partial charge in [-0.15, -0.1) is 0 Å². The molecule has 2 aromatic carbocycles. The van der Waals surface area contributed by atoms with Crippen molar-refractivity contribution in [2.24, 2.45) is 0 Å². The maximum Gasteiger partial charge on any atom is 0.223 e. The maximum absolute atomic E-state index is 12.1. The number of likely N-dealkylation sites (tertiary alicyclic amines) is 1. The molecule has 1 saturated heterocycles. The monoisotopic (exact) mass is 419 g/mol. The Morgan fingerprint density at radius 2 is 1.68 bits per heavy atom. The number of nitrogens with zero attached hydrogens (tertiary/aromatic N) is 2. The zero-order chi connectivity index (χ0) is 22.2. The van der Waals surface area contributed by atoms with Gasteiger partial charge in [0.2, 0.25) is 11.8 Å². The van der Waals surface area contributed by atoms with Crippen LogP contribution in [0.4, 0.5) is 11.4 Å². The summed E-state index contributed by atoms with van der Waals surface area (Å²) >= 11 is 0. The summed E-state index contributed by atoms with van der Waals surface area (Å²) in [7, 11) is 0. The zero-order valence-electron chi connectivity index (χ0n) is 18.1. The second-order valence-corrected chi connectivity index (χ2v) is 7.83. The van der Waals surface area contributed by atoms with Crippen LogP contribution in [0.3, 0.4) is 0 Å². The molecule has 2 amide bonds. The summed E-state index contributed by atoms with van der Waals surface area (Å²) in [5.74, 6) is 2.30. The first-order chi connectivity index (χ1) is 15.0. The number of hydrogen-bond acceptors (Lipinski definition) is 4. The number of amides is 2. The van der Waals surface area contributed by atoms with Gasteiger partial charge in [-0.2, -0.15) is 0 Å². The van der Waals surface area contributed by atoms with Gasteiger partial charge in [-0.1, -0.05) is 36.4 Å². The van der Waals surface area contributed by atoms with Crippen LogP contribution in [-0.2, 0) is 14.4 Å². The number of anilines is 2. The van der Waals surface area contributed by atoms with E-state index in [1.165, 1.54) is 13.8 Å². The molecule has 1 aliphatic rings. The first-order valence-corrected chi connectivity index (χ1v) is 10.7.